The van der Waals surface area contributed by atoms with Crippen molar-refractivity contribution in [2.45, 2.75) is 26.2 Å². The number of aliphatic hydroxyl groups is 1. The van der Waals surface area contributed by atoms with E-state index in [1.165, 1.54) is 6.42 Å². The number of carbonyl (C=O) groups is 1. The Morgan fingerprint density at radius 3 is 2.75 bits per heavy atom. The maximum absolute atomic E-state index is 12.1. The quantitative estimate of drug-likeness (QED) is 0.771. The molecule has 2 N–H and O–H groups in total. The van der Waals surface area contributed by atoms with Crippen LogP contribution in [0, 0.1) is 18.8 Å². The van der Waals surface area contributed by atoms with Gasteiger partial charge in [-0.1, -0.05) is 11.8 Å². The maximum Gasteiger partial charge on any atom is 0.321 e. The molecule has 1 aliphatic rings. The third kappa shape index (κ3) is 3.75. The van der Waals surface area contributed by atoms with Crippen LogP contribution in [-0.2, 0) is 0 Å². The number of piperidine rings is 1. The van der Waals surface area contributed by atoms with Crippen LogP contribution in [0.15, 0.2) is 18.2 Å². The molecule has 1 aromatic rings. The zero-order valence-electron chi connectivity index (χ0n) is 11.8. The highest BCUT2D eigenvalue weighted by Crippen LogP contribution is 2.16. The summed E-state index contributed by atoms with van der Waals surface area (Å²) in [5, 5.41) is 11.6. The van der Waals surface area contributed by atoms with Crippen LogP contribution in [0.5, 0.6) is 0 Å². The van der Waals surface area contributed by atoms with Crippen LogP contribution < -0.4 is 5.32 Å². The second kappa shape index (κ2) is 6.97. The highest BCUT2D eigenvalue weighted by atomic mass is 16.2. The first-order valence-electron chi connectivity index (χ1n) is 6.97. The first kappa shape index (κ1) is 14.4. The van der Waals surface area contributed by atoms with Gasteiger partial charge in [0.25, 0.3) is 0 Å². The molecule has 1 heterocycles. The Balaban J connectivity index is 2.02. The molecule has 0 aliphatic carbocycles. The number of urea groups is 1. The lowest BCUT2D eigenvalue weighted by molar-refractivity contribution is 0.200. The van der Waals surface area contributed by atoms with Gasteiger partial charge in [-0.25, -0.2) is 4.79 Å². The van der Waals surface area contributed by atoms with E-state index in [4.69, 9.17) is 5.11 Å². The molecule has 0 aromatic heterocycles. The van der Waals surface area contributed by atoms with Crippen LogP contribution in [0.1, 0.15) is 30.4 Å². The molecule has 4 nitrogen and oxygen atoms in total. The van der Waals surface area contributed by atoms with Crippen molar-refractivity contribution < 1.29 is 9.90 Å². The van der Waals surface area contributed by atoms with E-state index in [0.717, 1.165) is 42.7 Å². The first-order chi connectivity index (χ1) is 9.70. The number of nitrogens with one attached hydrogen (secondary N) is 1. The van der Waals surface area contributed by atoms with Gasteiger partial charge in [-0.15, -0.1) is 0 Å². The second-order valence-electron chi connectivity index (χ2n) is 4.97. The summed E-state index contributed by atoms with van der Waals surface area (Å²) in [6.45, 7) is 3.47. The normalized spacial score (nSPS) is 14.4. The number of amides is 2. The Kier molecular flexibility index (Phi) is 5.03. The standard InChI is InChI=1S/C16H20N2O2/c1-13-12-15(8-7-14(13)6-5-11-19)17-16(20)18-9-3-2-4-10-18/h7-8,12,19H,2-4,9-11H2,1H3,(H,17,20). The molecule has 2 rings (SSSR count). The van der Waals surface area contributed by atoms with Crippen molar-refractivity contribution in [3.8, 4) is 11.8 Å². The van der Waals surface area contributed by atoms with Gasteiger partial charge >= 0.3 is 6.03 Å². The first-order valence-corrected chi connectivity index (χ1v) is 6.97. The molecule has 0 bridgehead atoms. The lowest BCUT2D eigenvalue weighted by Crippen LogP contribution is -2.38. The van der Waals surface area contributed by atoms with E-state index >= 15 is 0 Å². The molecule has 0 atom stereocenters. The van der Waals surface area contributed by atoms with Crippen molar-refractivity contribution in [3.63, 3.8) is 0 Å². The fraction of sp³-hybridized carbons (Fsp3) is 0.438. The summed E-state index contributed by atoms with van der Waals surface area (Å²) in [4.78, 5) is 13.9. The number of hydrogen-bond donors (Lipinski definition) is 2. The van der Waals surface area contributed by atoms with E-state index in [2.05, 4.69) is 17.2 Å². The third-order valence-electron chi connectivity index (χ3n) is 3.42. The number of hydrogen-bond acceptors (Lipinski definition) is 2. The minimum absolute atomic E-state index is 0.0294. The molecule has 106 valence electrons. The summed E-state index contributed by atoms with van der Waals surface area (Å²) in [7, 11) is 0. The number of carbonyl (C=O) groups excluding carboxylic acids is 1. The van der Waals surface area contributed by atoms with E-state index in [9.17, 15) is 4.79 Å². The predicted octanol–water partition coefficient (Wildman–Crippen LogP) is 2.36. The summed E-state index contributed by atoms with van der Waals surface area (Å²) in [6, 6.07) is 5.59. The minimum Gasteiger partial charge on any atom is -0.384 e. The molecule has 0 unspecified atom stereocenters. The van der Waals surface area contributed by atoms with E-state index < -0.39 is 0 Å². The lowest BCUT2D eigenvalue weighted by atomic mass is 10.1. The number of benzene rings is 1. The molecule has 1 aliphatic heterocycles. The van der Waals surface area contributed by atoms with E-state index in [-0.39, 0.29) is 12.6 Å². The van der Waals surface area contributed by atoms with Gasteiger partial charge in [0.2, 0.25) is 0 Å². The summed E-state index contributed by atoms with van der Waals surface area (Å²) >= 11 is 0. The third-order valence-corrected chi connectivity index (χ3v) is 3.42. The molecule has 20 heavy (non-hydrogen) atoms. The number of likely N-dealkylation sites (tertiary alicyclic amines) is 1. The van der Waals surface area contributed by atoms with Crippen molar-refractivity contribution >= 4 is 11.7 Å². The van der Waals surface area contributed by atoms with Crippen molar-refractivity contribution in [1.29, 1.82) is 0 Å². The van der Waals surface area contributed by atoms with E-state index in [0.29, 0.717) is 0 Å². The Bertz CT molecular complexity index is 537. The van der Waals surface area contributed by atoms with E-state index in [1.54, 1.807) is 0 Å². The highest BCUT2D eigenvalue weighted by Gasteiger charge is 2.16. The molecule has 1 saturated heterocycles. The number of rotatable bonds is 1. The zero-order valence-corrected chi connectivity index (χ0v) is 11.8. The fourth-order valence-corrected chi connectivity index (χ4v) is 2.32. The molecule has 2 amide bonds. The van der Waals surface area contributed by atoms with Gasteiger partial charge in [0.05, 0.1) is 0 Å². The number of anilines is 1. The summed E-state index contributed by atoms with van der Waals surface area (Å²) in [5.74, 6) is 5.51. The molecule has 0 saturated carbocycles. The zero-order chi connectivity index (χ0) is 14.4. The molecule has 1 aromatic carbocycles. The number of nitrogens with zero attached hydrogens (tertiary/aromatic N) is 1. The van der Waals surface area contributed by atoms with Crippen molar-refractivity contribution in [3.05, 3.63) is 29.3 Å². The minimum atomic E-state index is -0.146. The van der Waals surface area contributed by atoms with Crippen LogP contribution in [-0.4, -0.2) is 35.7 Å². The van der Waals surface area contributed by atoms with Crippen molar-refractivity contribution in [1.82, 2.24) is 4.90 Å². The largest absolute Gasteiger partial charge is 0.384 e. The SMILES string of the molecule is Cc1cc(NC(=O)N2CCCCC2)ccc1C#CCO. The molecular weight excluding hydrogens is 252 g/mol. The average molecular weight is 272 g/mol. The van der Waals surface area contributed by atoms with Gasteiger partial charge in [-0.2, -0.15) is 0 Å². The average Bonchev–Trinajstić information content (AvgIpc) is 2.47. The second-order valence-corrected chi connectivity index (χ2v) is 4.97. The summed E-state index contributed by atoms with van der Waals surface area (Å²) in [5.41, 5.74) is 2.64. The highest BCUT2D eigenvalue weighted by molar-refractivity contribution is 5.89. The van der Waals surface area contributed by atoms with Gasteiger partial charge < -0.3 is 15.3 Å². The van der Waals surface area contributed by atoms with Gasteiger partial charge in [0.15, 0.2) is 0 Å². The lowest BCUT2D eigenvalue weighted by Gasteiger charge is -2.26. The Morgan fingerprint density at radius 2 is 2.10 bits per heavy atom. The van der Waals surface area contributed by atoms with Crippen LogP contribution in [0.4, 0.5) is 10.5 Å². The Labute approximate surface area is 119 Å². The fourth-order valence-electron chi connectivity index (χ4n) is 2.32. The Hall–Kier alpha value is -1.99. The van der Waals surface area contributed by atoms with Crippen LogP contribution in [0.25, 0.3) is 0 Å². The van der Waals surface area contributed by atoms with Gasteiger partial charge in [-0.05, 0) is 49.9 Å². The van der Waals surface area contributed by atoms with Gasteiger partial charge in [-0.3, -0.25) is 0 Å². The monoisotopic (exact) mass is 272 g/mol. The summed E-state index contributed by atoms with van der Waals surface area (Å²) < 4.78 is 0. The van der Waals surface area contributed by atoms with Crippen LogP contribution in [0.3, 0.4) is 0 Å². The molecular formula is C16H20N2O2. The van der Waals surface area contributed by atoms with Crippen molar-refractivity contribution in [2.24, 2.45) is 0 Å². The van der Waals surface area contributed by atoms with Crippen molar-refractivity contribution in [2.75, 3.05) is 25.0 Å². The van der Waals surface area contributed by atoms with Gasteiger partial charge in [0, 0.05) is 24.3 Å². The molecule has 4 heteroatoms. The van der Waals surface area contributed by atoms with Crippen LogP contribution >= 0.6 is 0 Å². The topological polar surface area (TPSA) is 52.6 Å². The number of aliphatic hydroxyl groups excluding tert-OH is 1. The maximum atomic E-state index is 12.1. The summed E-state index contributed by atoms with van der Waals surface area (Å²) in [6.07, 6.45) is 3.38. The molecule has 1 fully saturated rings. The predicted molar refractivity (Wildman–Crippen MR) is 79.6 cm³/mol. The molecule has 0 radical (unpaired) electrons. The van der Waals surface area contributed by atoms with E-state index in [1.807, 2.05) is 30.0 Å². The molecule has 0 spiro atoms. The smallest absolute Gasteiger partial charge is 0.321 e. The Morgan fingerprint density at radius 1 is 1.35 bits per heavy atom. The van der Waals surface area contributed by atoms with Gasteiger partial charge in [0.1, 0.15) is 6.61 Å². The number of aryl methyl sites for hydroxylation is 1. The van der Waals surface area contributed by atoms with Crippen LogP contribution in [0.2, 0.25) is 0 Å².